The van der Waals surface area contributed by atoms with Crippen molar-refractivity contribution in [1.82, 2.24) is 14.8 Å². The Bertz CT molecular complexity index is 865. The van der Waals surface area contributed by atoms with E-state index in [1.807, 2.05) is 24.4 Å². The molecule has 3 aromatic rings. The first kappa shape index (κ1) is 15.4. The lowest BCUT2D eigenvalue weighted by Gasteiger charge is -2.00. The summed E-state index contributed by atoms with van der Waals surface area (Å²) < 4.78 is 1.64. The van der Waals surface area contributed by atoms with Crippen LogP contribution in [-0.2, 0) is 6.54 Å². The van der Waals surface area contributed by atoms with E-state index >= 15 is 0 Å². The van der Waals surface area contributed by atoms with Crippen molar-refractivity contribution in [3.8, 4) is 10.6 Å². The van der Waals surface area contributed by atoms with E-state index in [1.165, 1.54) is 5.56 Å². The average molecular weight is 328 g/mol. The molecule has 1 aromatic carbocycles. The highest BCUT2D eigenvalue weighted by atomic mass is 32.1. The molecule has 0 N–H and O–H groups in total. The second-order valence-corrected chi connectivity index (χ2v) is 6.30. The van der Waals surface area contributed by atoms with Crippen LogP contribution >= 0.6 is 11.3 Å². The number of aryl methyl sites for hydroxylation is 2. The molecule has 0 atom stereocenters. The third-order valence-electron chi connectivity index (χ3n) is 3.69. The van der Waals surface area contributed by atoms with E-state index < -0.39 is 0 Å². The summed E-state index contributed by atoms with van der Waals surface area (Å²) in [6, 6.07) is 8.21. The van der Waals surface area contributed by atoms with Crippen LogP contribution in [0, 0.1) is 30.9 Å². The van der Waals surface area contributed by atoms with Crippen molar-refractivity contribution < 1.29 is 4.92 Å². The van der Waals surface area contributed by atoms with E-state index in [-0.39, 0.29) is 10.6 Å². The number of hydrogen-bond acceptors (Lipinski definition) is 5. The molecule has 2 heterocycles. The Balaban J connectivity index is 1.86. The van der Waals surface area contributed by atoms with E-state index in [9.17, 15) is 10.1 Å². The summed E-state index contributed by atoms with van der Waals surface area (Å²) in [6.45, 7) is 5.85. The summed E-state index contributed by atoms with van der Waals surface area (Å²) in [6.07, 6.45) is 0. The Labute approximate surface area is 137 Å². The molecule has 0 unspecified atom stereocenters. The molecule has 118 valence electrons. The second-order valence-electron chi connectivity index (χ2n) is 5.44. The Hall–Kier alpha value is -2.54. The normalized spacial score (nSPS) is 10.9. The Morgan fingerprint density at radius 3 is 2.52 bits per heavy atom. The first-order chi connectivity index (χ1) is 11.0. The van der Waals surface area contributed by atoms with Gasteiger partial charge in [-0.2, -0.15) is 5.10 Å². The summed E-state index contributed by atoms with van der Waals surface area (Å²) >= 11 is 1.56. The molecule has 0 saturated heterocycles. The molecule has 0 radical (unpaired) electrons. The first-order valence-corrected chi connectivity index (χ1v) is 8.03. The number of benzene rings is 1. The molecular weight excluding hydrogens is 312 g/mol. The average Bonchev–Trinajstić information content (AvgIpc) is 3.05. The predicted octanol–water partition coefficient (Wildman–Crippen LogP) is 3.89. The number of aromatic nitrogens is 3. The number of rotatable bonds is 4. The summed E-state index contributed by atoms with van der Waals surface area (Å²) in [5.74, 6) is 0. The smallest absolute Gasteiger partial charge is 0.258 e. The van der Waals surface area contributed by atoms with Crippen molar-refractivity contribution in [2.24, 2.45) is 0 Å². The maximum absolute atomic E-state index is 11.1. The highest BCUT2D eigenvalue weighted by molar-refractivity contribution is 7.13. The van der Waals surface area contributed by atoms with Gasteiger partial charge in [0, 0.05) is 10.9 Å². The van der Waals surface area contributed by atoms with Crippen LogP contribution in [-0.4, -0.2) is 19.7 Å². The van der Waals surface area contributed by atoms with Crippen molar-refractivity contribution in [3.05, 3.63) is 62.4 Å². The van der Waals surface area contributed by atoms with Crippen LogP contribution in [0.4, 0.5) is 5.69 Å². The van der Waals surface area contributed by atoms with Crippen LogP contribution in [0.3, 0.4) is 0 Å². The van der Waals surface area contributed by atoms with Crippen molar-refractivity contribution >= 4 is 17.0 Å². The van der Waals surface area contributed by atoms with Gasteiger partial charge in [0.25, 0.3) is 0 Å². The number of nitrogens with zero attached hydrogens (tertiary/aromatic N) is 4. The van der Waals surface area contributed by atoms with Crippen molar-refractivity contribution in [2.45, 2.75) is 27.3 Å². The molecule has 0 saturated carbocycles. The highest BCUT2D eigenvalue weighted by Crippen LogP contribution is 2.26. The zero-order chi connectivity index (χ0) is 16.6. The summed E-state index contributed by atoms with van der Waals surface area (Å²) in [5, 5.41) is 18.2. The second kappa shape index (κ2) is 5.92. The van der Waals surface area contributed by atoms with Crippen LogP contribution in [0.1, 0.15) is 22.6 Å². The number of nitro groups is 1. The van der Waals surface area contributed by atoms with Crippen LogP contribution in [0.2, 0.25) is 0 Å². The quantitative estimate of drug-likeness (QED) is 0.538. The molecule has 2 aromatic heterocycles. The van der Waals surface area contributed by atoms with Crippen molar-refractivity contribution in [3.63, 3.8) is 0 Å². The van der Waals surface area contributed by atoms with Crippen LogP contribution in [0.25, 0.3) is 10.6 Å². The van der Waals surface area contributed by atoms with E-state index in [0.717, 1.165) is 16.3 Å². The molecule has 7 heteroatoms. The topological polar surface area (TPSA) is 73.8 Å². The molecule has 0 aliphatic rings. The molecule has 0 bridgehead atoms. The highest BCUT2D eigenvalue weighted by Gasteiger charge is 2.22. The summed E-state index contributed by atoms with van der Waals surface area (Å²) in [4.78, 5) is 15.3. The van der Waals surface area contributed by atoms with Gasteiger partial charge >= 0.3 is 5.69 Å². The monoisotopic (exact) mass is 328 g/mol. The van der Waals surface area contributed by atoms with Crippen LogP contribution in [0.15, 0.2) is 29.6 Å². The minimum Gasteiger partial charge on any atom is -0.258 e. The van der Waals surface area contributed by atoms with E-state index in [1.54, 1.807) is 29.9 Å². The molecule has 0 amide bonds. The molecular formula is C16H16N4O2S. The van der Waals surface area contributed by atoms with Crippen molar-refractivity contribution in [1.29, 1.82) is 0 Å². The number of thiazole rings is 1. The first-order valence-electron chi connectivity index (χ1n) is 7.15. The lowest BCUT2D eigenvalue weighted by Crippen LogP contribution is -2.04. The maximum Gasteiger partial charge on any atom is 0.312 e. The molecule has 0 aliphatic carbocycles. The third kappa shape index (κ3) is 3.00. The van der Waals surface area contributed by atoms with Gasteiger partial charge in [-0.25, -0.2) is 4.98 Å². The molecule has 23 heavy (non-hydrogen) atoms. The molecule has 6 nitrogen and oxygen atoms in total. The van der Waals surface area contributed by atoms with Crippen LogP contribution < -0.4 is 0 Å². The zero-order valence-electron chi connectivity index (χ0n) is 13.1. The fourth-order valence-electron chi connectivity index (χ4n) is 2.47. The predicted molar refractivity (Wildman–Crippen MR) is 89.7 cm³/mol. The van der Waals surface area contributed by atoms with Crippen molar-refractivity contribution in [2.75, 3.05) is 0 Å². The minimum atomic E-state index is -0.382. The van der Waals surface area contributed by atoms with Gasteiger partial charge in [0.15, 0.2) is 0 Å². The Morgan fingerprint density at radius 2 is 1.91 bits per heavy atom. The Morgan fingerprint density at radius 1 is 1.22 bits per heavy atom. The largest absolute Gasteiger partial charge is 0.312 e. The molecule has 0 aliphatic heterocycles. The van der Waals surface area contributed by atoms with Gasteiger partial charge in [-0.1, -0.05) is 29.8 Å². The van der Waals surface area contributed by atoms with E-state index in [4.69, 9.17) is 0 Å². The summed E-state index contributed by atoms with van der Waals surface area (Å²) in [7, 11) is 0. The van der Waals surface area contributed by atoms with E-state index in [2.05, 4.69) is 22.2 Å². The van der Waals surface area contributed by atoms with Gasteiger partial charge in [0.05, 0.1) is 17.2 Å². The summed E-state index contributed by atoms with van der Waals surface area (Å²) in [5.41, 5.74) is 4.20. The fraction of sp³-hybridized carbons (Fsp3) is 0.250. The molecule has 3 rings (SSSR count). The SMILES string of the molecule is Cc1ccc(-c2nc(Cn3nc(C)c([N+](=O)[O-])c3C)cs2)cc1. The third-order valence-corrected chi connectivity index (χ3v) is 4.63. The van der Waals surface area contributed by atoms with Gasteiger partial charge in [0.1, 0.15) is 16.4 Å². The molecule has 0 fully saturated rings. The Kier molecular flexibility index (Phi) is 3.96. The van der Waals surface area contributed by atoms with E-state index in [0.29, 0.717) is 17.9 Å². The zero-order valence-corrected chi connectivity index (χ0v) is 13.9. The standard InChI is InChI=1S/C16H16N4O2S/c1-10-4-6-13(7-5-10)16-17-14(9-23-16)8-19-12(3)15(20(21)22)11(2)18-19/h4-7,9H,8H2,1-3H3. The molecule has 0 spiro atoms. The van der Waals surface area contributed by atoms with Gasteiger partial charge < -0.3 is 0 Å². The number of hydrogen-bond donors (Lipinski definition) is 0. The van der Waals surface area contributed by atoms with Crippen LogP contribution in [0.5, 0.6) is 0 Å². The van der Waals surface area contributed by atoms with Gasteiger partial charge in [0.2, 0.25) is 0 Å². The lowest BCUT2D eigenvalue weighted by molar-refractivity contribution is -0.386. The maximum atomic E-state index is 11.1. The fourth-order valence-corrected chi connectivity index (χ4v) is 3.28. The lowest BCUT2D eigenvalue weighted by atomic mass is 10.2. The van der Waals surface area contributed by atoms with Gasteiger partial charge in [-0.05, 0) is 20.8 Å². The van der Waals surface area contributed by atoms with Gasteiger partial charge in [-0.3, -0.25) is 14.8 Å². The minimum absolute atomic E-state index is 0.0824. The van der Waals surface area contributed by atoms with Gasteiger partial charge in [-0.15, -0.1) is 11.3 Å².